The summed E-state index contributed by atoms with van der Waals surface area (Å²) >= 11 is 0. The Morgan fingerprint density at radius 2 is 1.83 bits per heavy atom. The first-order chi connectivity index (χ1) is 14.7. The Hall–Kier alpha value is -2.93. The molecule has 0 saturated heterocycles. The molecule has 1 aliphatic heterocycles. The van der Waals surface area contributed by atoms with Crippen LogP contribution in [0.25, 0.3) is 11.0 Å². The molecule has 0 bridgehead atoms. The average molecular weight is 405 g/mol. The second-order valence-corrected chi connectivity index (χ2v) is 8.44. The Morgan fingerprint density at radius 1 is 1.07 bits per heavy atom. The maximum absolute atomic E-state index is 12.4. The lowest BCUT2D eigenvalue weighted by molar-refractivity contribution is 0.0751. The summed E-state index contributed by atoms with van der Waals surface area (Å²) in [5.41, 5.74) is 2.89. The van der Waals surface area contributed by atoms with Crippen molar-refractivity contribution < 1.29 is 4.79 Å². The Balaban J connectivity index is 1.20. The molecule has 1 aliphatic carbocycles. The average Bonchev–Trinajstić information content (AvgIpc) is 3.15. The third-order valence-electron chi connectivity index (χ3n) is 6.36. The van der Waals surface area contributed by atoms with Crippen LogP contribution in [-0.2, 0) is 13.1 Å². The maximum atomic E-state index is 12.4. The van der Waals surface area contributed by atoms with Gasteiger partial charge in [0.05, 0.1) is 0 Å². The molecule has 1 amide bonds. The summed E-state index contributed by atoms with van der Waals surface area (Å²) < 4.78 is 2.02. The molecule has 0 unspecified atom stereocenters. The molecule has 1 fully saturated rings. The third-order valence-corrected chi connectivity index (χ3v) is 6.36. The van der Waals surface area contributed by atoms with E-state index in [0.717, 1.165) is 49.8 Å². The molecule has 3 heterocycles. The minimum Gasteiger partial charge on any atom is -0.351 e. The molecule has 1 saturated carbocycles. The van der Waals surface area contributed by atoms with Gasteiger partial charge in [0.15, 0.2) is 0 Å². The SMILES string of the molecule is CN1CCn2c(cc3cnc(NC4CCC(NCc5ccccc5)CC4)nc32)C1=O. The number of carbonyl (C=O) groups excluding carboxylic acids is 1. The van der Waals surface area contributed by atoms with E-state index >= 15 is 0 Å². The molecule has 2 aliphatic rings. The number of aromatic nitrogens is 3. The normalized spacial score (nSPS) is 21.6. The van der Waals surface area contributed by atoms with Crippen LogP contribution < -0.4 is 10.6 Å². The Bertz CT molecular complexity index is 1040. The number of likely N-dealkylation sites (N-methyl/N-ethyl adjacent to an activating group) is 1. The van der Waals surface area contributed by atoms with E-state index in [-0.39, 0.29) is 5.91 Å². The Kier molecular flexibility index (Phi) is 5.12. The second-order valence-electron chi connectivity index (χ2n) is 8.44. The highest BCUT2D eigenvalue weighted by Crippen LogP contribution is 2.25. The maximum Gasteiger partial charge on any atom is 0.270 e. The summed E-state index contributed by atoms with van der Waals surface area (Å²) in [7, 11) is 1.84. The number of benzene rings is 1. The quantitative estimate of drug-likeness (QED) is 0.684. The molecule has 30 heavy (non-hydrogen) atoms. The predicted molar refractivity (Wildman–Crippen MR) is 117 cm³/mol. The van der Waals surface area contributed by atoms with E-state index in [4.69, 9.17) is 4.98 Å². The van der Waals surface area contributed by atoms with Crippen molar-refractivity contribution in [3.05, 3.63) is 53.9 Å². The van der Waals surface area contributed by atoms with Gasteiger partial charge in [0, 0.05) is 50.3 Å². The lowest BCUT2D eigenvalue weighted by Gasteiger charge is -2.30. The van der Waals surface area contributed by atoms with Crippen molar-refractivity contribution in [2.45, 2.75) is 50.9 Å². The van der Waals surface area contributed by atoms with Crippen molar-refractivity contribution in [3.8, 4) is 0 Å². The van der Waals surface area contributed by atoms with E-state index in [0.29, 0.717) is 30.3 Å². The lowest BCUT2D eigenvalue weighted by atomic mass is 9.91. The number of nitrogens with zero attached hydrogens (tertiary/aromatic N) is 4. The minimum absolute atomic E-state index is 0.0510. The lowest BCUT2D eigenvalue weighted by Crippen LogP contribution is -2.37. The van der Waals surface area contributed by atoms with Gasteiger partial charge in [-0.2, -0.15) is 4.98 Å². The topological polar surface area (TPSA) is 75.1 Å². The van der Waals surface area contributed by atoms with E-state index in [1.165, 1.54) is 5.56 Å². The van der Waals surface area contributed by atoms with Crippen LogP contribution in [0, 0.1) is 0 Å². The van der Waals surface area contributed by atoms with Crippen molar-refractivity contribution in [1.29, 1.82) is 0 Å². The second kappa shape index (κ2) is 8.07. The summed E-state index contributed by atoms with van der Waals surface area (Å²) in [4.78, 5) is 23.4. The fraction of sp³-hybridized carbons (Fsp3) is 0.435. The standard InChI is InChI=1S/C23H28N6O/c1-28-11-12-29-20(22(28)30)13-17-15-25-23(27-21(17)29)26-19-9-7-18(8-10-19)24-14-16-5-3-2-4-6-16/h2-6,13,15,18-19,24H,7-12,14H2,1H3,(H,25,26,27). The van der Waals surface area contributed by atoms with Gasteiger partial charge >= 0.3 is 0 Å². The highest BCUT2D eigenvalue weighted by Gasteiger charge is 2.25. The molecular formula is C23H28N6O. The molecule has 2 N–H and O–H groups in total. The van der Waals surface area contributed by atoms with E-state index in [1.807, 2.05) is 23.9 Å². The van der Waals surface area contributed by atoms with Crippen LogP contribution in [0.5, 0.6) is 0 Å². The van der Waals surface area contributed by atoms with E-state index < -0.39 is 0 Å². The third kappa shape index (κ3) is 3.77. The van der Waals surface area contributed by atoms with Crippen LogP contribution in [0.4, 0.5) is 5.95 Å². The van der Waals surface area contributed by atoms with Crippen LogP contribution in [0.3, 0.4) is 0 Å². The smallest absolute Gasteiger partial charge is 0.270 e. The minimum atomic E-state index is 0.0510. The zero-order valence-electron chi connectivity index (χ0n) is 17.3. The van der Waals surface area contributed by atoms with E-state index in [9.17, 15) is 4.79 Å². The Morgan fingerprint density at radius 3 is 2.63 bits per heavy atom. The van der Waals surface area contributed by atoms with Gasteiger partial charge in [0.25, 0.3) is 5.91 Å². The number of rotatable bonds is 5. The number of fused-ring (bicyclic) bond motifs is 3. The number of carbonyl (C=O) groups is 1. The van der Waals surface area contributed by atoms with Crippen molar-refractivity contribution in [2.75, 3.05) is 18.9 Å². The molecule has 1 aromatic carbocycles. The predicted octanol–water partition coefficient (Wildman–Crippen LogP) is 3.03. The molecule has 0 radical (unpaired) electrons. The molecular weight excluding hydrogens is 376 g/mol. The van der Waals surface area contributed by atoms with E-state index in [1.54, 1.807) is 4.90 Å². The Labute approximate surface area is 176 Å². The first-order valence-corrected chi connectivity index (χ1v) is 10.8. The summed E-state index contributed by atoms with van der Waals surface area (Å²) in [6, 6.07) is 13.4. The van der Waals surface area contributed by atoms with Crippen LogP contribution in [0.1, 0.15) is 41.7 Å². The molecule has 0 spiro atoms. The van der Waals surface area contributed by atoms with Crippen molar-refractivity contribution >= 4 is 22.9 Å². The number of hydrogen-bond donors (Lipinski definition) is 2. The van der Waals surface area contributed by atoms with Crippen molar-refractivity contribution in [1.82, 2.24) is 24.8 Å². The first kappa shape index (κ1) is 19.1. The number of amides is 1. The fourth-order valence-corrected chi connectivity index (χ4v) is 4.54. The highest BCUT2D eigenvalue weighted by atomic mass is 16.2. The van der Waals surface area contributed by atoms with Crippen molar-refractivity contribution in [2.24, 2.45) is 0 Å². The molecule has 7 heteroatoms. The number of hydrogen-bond acceptors (Lipinski definition) is 5. The summed E-state index contributed by atoms with van der Waals surface area (Å²) in [6.07, 6.45) is 6.32. The molecule has 2 aromatic heterocycles. The van der Waals surface area contributed by atoms with Crippen LogP contribution in [0.2, 0.25) is 0 Å². The molecule has 7 nitrogen and oxygen atoms in total. The summed E-state index contributed by atoms with van der Waals surface area (Å²) in [5.74, 6) is 0.713. The van der Waals surface area contributed by atoms with Gasteiger partial charge in [0.2, 0.25) is 5.95 Å². The largest absolute Gasteiger partial charge is 0.351 e. The highest BCUT2D eigenvalue weighted by molar-refractivity contribution is 5.98. The zero-order chi connectivity index (χ0) is 20.5. The van der Waals surface area contributed by atoms with Gasteiger partial charge in [-0.1, -0.05) is 30.3 Å². The van der Waals surface area contributed by atoms with Gasteiger partial charge < -0.3 is 20.1 Å². The molecule has 5 rings (SSSR count). The van der Waals surface area contributed by atoms with Crippen LogP contribution >= 0.6 is 0 Å². The summed E-state index contributed by atoms with van der Waals surface area (Å²) in [5, 5.41) is 8.14. The number of anilines is 1. The molecule has 3 aromatic rings. The van der Waals surface area contributed by atoms with Gasteiger partial charge in [-0.25, -0.2) is 4.98 Å². The zero-order valence-corrected chi connectivity index (χ0v) is 17.3. The van der Waals surface area contributed by atoms with Gasteiger partial charge in [-0.15, -0.1) is 0 Å². The van der Waals surface area contributed by atoms with Gasteiger partial charge in [-0.05, 0) is 37.3 Å². The monoisotopic (exact) mass is 404 g/mol. The van der Waals surface area contributed by atoms with Crippen molar-refractivity contribution in [3.63, 3.8) is 0 Å². The number of nitrogens with one attached hydrogen (secondary N) is 2. The van der Waals surface area contributed by atoms with Crippen LogP contribution in [-0.4, -0.2) is 51.0 Å². The summed E-state index contributed by atoms with van der Waals surface area (Å²) in [6.45, 7) is 2.41. The van der Waals surface area contributed by atoms with Gasteiger partial charge in [0.1, 0.15) is 11.3 Å². The fourth-order valence-electron chi connectivity index (χ4n) is 4.54. The van der Waals surface area contributed by atoms with Crippen LogP contribution in [0.15, 0.2) is 42.6 Å². The van der Waals surface area contributed by atoms with Gasteiger partial charge in [-0.3, -0.25) is 4.79 Å². The molecule has 156 valence electrons. The molecule has 0 atom stereocenters. The van der Waals surface area contributed by atoms with E-state index in [2.05, 4.69) is 45.9 Å². The first-order valence-electron chi connectivity index (χ1n) is 10.8.